The monoisotopic (exact) mass is 461 g/mol. The Balaban J connectivity index is 1.46. The van der Waals surface area contributed by atoms with E-state index in [9.17, 15) is 4.79 Å². The second kappa shape index (κ2) is 9.39. The zero-order chi connectivity index (χ0) is 22.8. The van der Waals surface area contributed by atoms with Gasteiger partial charge in [-0.15, -0.1) is 10.2 Å². The quantitative estimate of drug-likeness (QED) is 0.373. The Kier molecular flexibility index (Phi) is 6.17. The predicted octanol–water partition coefficient (Wildman–Crippen LogP) is 5.07. The van der Waals surface area contributed by atoms with Crippen molar-refractivity contribution in [1.29, 1.82) is 0 Å². The van der Waals surface area contributed by atoms with Crippen LogP contribution in [0.4, 0.5) is 0 Å². The summed E-state index contributed by atoms with van der Waals surface area (Å²) in [4.78, 5) is 17.3. The summed E-state index contributed by atoms with van der Waals surface area (Å²) in [5.74, 6) is 2.27. The first kappa shape index (κ1) is 21.7. The number of thioether (sulfide) groups is 1. The number of hydrogen-bond donors (Lipinski definition) is 0. The number of rotatable bonds is 6. The van der Waals surface area contributed by atoms with Crippen molar-refractivity contribution < 1.29 is 4.74 Å². The third-order valence-corrected chi connectivity index (χ3v) is 7.14. The van der Waals surface area contributed by atoms with Crippen LogP contribution in [0, 0.1) is 6.92 Å². The first-order valence-electron chi connectivity index (χ1n) is 11.3. The first-order valence-corrected chi connectivity index (χ1v) is 12.3. The summed E-state index contributed by atoms with van der Waals surface area (Å²) in [5.41, 5.74) is 3.40. The summed E-state index contributed by atoms with van der Waals surface area (Å²) in [6.45, 7) is 1.97. The highest BCUT2D eigenvalue weighted by molar-refractivity contribution is 7.98. The Morgan fingerprint density at radius 1 is 1.06 bits per heavy atom. The lowest BCUT2D eigenvalue weighted by atomic mass is 9.95. The number of hydrogen-bond acceptors (Lipinski definition) is 6. The number of aryl methyl sites for hydroxylation is 1. The van der Waals surface area contributed by atoms with Gasteiger partial charge in [-0.3, -0.25) is 13.8 Å². The summed E-state index contributed by atoms with van der Waals surface area (Å²) < 4.78 is 9.20. The zero-order valence-corrected chi connectivity index (χ0v) is 19.7. The zero-order valence-electron chi connectivity index (χ0n) is 18.9. The van der Waals surface area contributed by atoms with Crippen LogP contribution in [0.5, 0.6) is 5.75 Å². The van der Waals surface area contributed by atoms with Crippen molar-refractivity contribution in [1.82, 2.24) is 24.1 Å². The Morgan fingerprint density at radius 2 is 1.85 bits per heavy atom. The molecule has 4 aromatic rings. The van der Waals surface area contributed by atoms with Gasteiger partial charge in [-0.05, 0) is 55.7 Å². The van der Waals surface area contributed by atoms with Crippen LogP contribution in [0.15, 0.2) is 58.6 Å². The van der Waals surface area contributed by atoms with Crippen LogP contribution < -0.4 is 10.3 Å². The van der Waals surface area contributed by atoms with Gasteiger partial charge >= 0.3 is 0 Å². The molecule has 170 valence electrons. The summed E-state index contributed by atoms with van der Waals surface area (Å²) in [5, 5.41) is 10.0. The van der Waals surface area contributed by atoms with Gasteiger partial charge in [0.1, 0.15) is 11.4 Å². The molecule has 3 heterocycles. The second-order valence-electron chi connectivity index (χ2n) is 8.51. The SMILES string of the molecule is COc1ccc(-c2nnc(SCc3cc(=O)n4cc(C)ccc4n3)n2C2CCCCC2)cc1. The normalized spacial score (nSPS) is 14.6. The lowest BCUT2D eigenvalue weighted by Crippen LogP contribution is -2.16. The molecule has 0 spiro atoms. The molecule has 0 amide bonds. The largest absolute Gasteiger partial charge is 0.497 e. The fourth-order valence-corrected chi connectivity index (χ4v) is 5.35. The highest BCUT2D eigenvalue weighted by atomic mass is 32.2. The molecule has 0 bridgehead atoms. The summed E-state index contributed by atoms with van der Waals surface area (Å²) in [7, 11) is 1.67. The molecule has 3 aromatic heterocycles. The number of nitrogens with zero attached hydrogens (tertiary/aromatic N) is 5. The molecule has 0 radical (unpaired) electrons. The number of pyridine rings is 1. The van der Waals surface area contributed by atoms with Crippen molar-refractivity contribution in [3.05, 3.63) is 70.3 Å². The van der Waals surface area contributed by atoms with Crippen molar-refractivity contribution in [2.45, 2.75) is 56.0 Å². The molecule has 0 atom stereocenters. The van der Waals surface area contributed by atoms with E-state index in [2.05, 4.69) is 19.7 Å². The van der Waals surface area contributed by atoms with Gasteiger partial charge in [0, 0.05) is 29.6 Å². The number of methoxy groups -OCH3 is 1. The van der Waals surface area contributed by atoms with E-state index in [1.54, 1.807) is 29.3 Å². The molecule has 5 rings (SSSR count). The molecular formula is C25H27N5O2S. The first-order chi connectivity index (χ1) is 16.1. The number of aromatic nitrogens is 5. The molecule has 33 heavy (non-hydrogen) atoms. The lowest BCUT2D eigenvalue weighted by molar-refractivity contribution is 0.339. The van der Waals surface area contributed by atoms with Gasteiger partial charge in [-0.25, -0.2) is 4.98 Å². The molecule has 0 aliphatic heterocycles. The minimum atomic E-state index is -0.0630. The van der Waals surface area contributed by atoms with Crippen LogP contribution in [-0.2, 0) is 5.75 Å². The molecule has 0 unspecified atom stereocenters. The van der Waals surface area contributed by atoms with Gasteiger partial charge in [0.2, 0.25) is 0 Å². The summed E-state index contributed by atoms with van der Waals surface area (Å²) in [6.07, 6.45) is 7.80. The Morgan fingerprint density at radius 3 is 2.61 bits per heavy atom. The van der Waals surface area contributed by atoms with Crippen LogP contribution in [0.2, 0.25) is 0 Å². The molecule has 1 fully saturated rings. The van der Waals surface area contributed by atoms with Crippen molar-refractivity contribution in [2.24, 2.45) is 0 Å². The van der Waals surface area contributed by atoms with E-state index in [-0.39, 0.29) is 5.56 Å². The van der Waals surface area contributed by atoms with E-state index in [1.165, 1.54) is 19.3 Å². The third-order valence-electron chi connectivity index (χ3n) is 6.16. The number of fused-ring (bicyclic) bond motifs is 1. The van der Waals surface area contributed by atoms with Crippen LogP contribution in [0.25, 0.3) is 17.0 Å². The van der Waals surface area contributed by atoms with E-state index in [0.717, 1.165) is 46.4 Å². The molecule has 1 saturated carbocycles. The van der Waals surface area contributed by atoms with E-state index >= 15 is 0 Å². The predicted molar refractivity (Wildman–Crippen MR) is 130 cm³/mol. The molecule has 0 N–H and O–H groups in total. The molecule has 1 aliphatic carbocycles. The molecular weight excluding hydrogens is 434 g/mol. The second-order valence-corrected chi connectivity index (χ2v) is 9.45. The maximum Gasteiger partial charge on any atom is 0.258 e. The number of benzene rings is 1. The van der Waals surface area contributed by atoms with Gasteiger partial charge in [0.25, 0.3) is 5.56 Å². The van der Waals surface area contributed by atoms with E-state index in [1.807, 2.05) is 49.5 Å². The summed E-state index contributed by atoms with van der Waals surface area (Å²) >= 11 is 1.59. The van der Waals surface area contributed by atoms with Crippen LogP contribution in [-0.4, -0.2) is 31.3 Å². The standard InChI is InChI=1S/C25H27N5O2S/c1-17-8-13-22-26-19(14-23(31)29(22)15-17)16-33-25-28-27-24(18-9-11-21(32-2)12-10-18)30(25)20-6-4-3-5-7-20/h8-15,20H,3-7,16H2,1-2H3. The minimum absolute atomic E-state index is 0.0630. The third kappa shape index (κ3) is 4.53. The maximum atomic E-state index is 12.6. The number of ether oxygens (including phenoxy) is 1. The Hall–Kier alpha value is -3.13. The topological polar surface area (TPSA) is 74.3 Å². The fourth-order valence-electron chi connectivity index (χ4n) is 4.45. The Bertz CT molecular complexity index is 1320. The Labute approximate surface area is 196 Å². The van der Waals surface area contributed by atoms with Gasteiger partial charge in [-0.1, -0.05) is 37.1 Å². The van der Waals surface area contributed by atoms with Gasteiger partial charge in [0.15, 0.2) is 11.0 Å². The van der Waals surface area contributed by atoms with Crippen molar-refractivity contribution in [3.63, 3.8) is 0 Å². The highest BCUT2D eigenvalue weighted by Gasteiger charge is 2.24. The average molecular weight is 462 g/mol. The van der Waals surface area contributed by atoms with Crippen LogP contribution in [0.3, 0.4) is 0 Å². The average Bonchev–Trinajstić information content (AvgIpc) is 3.28. The fraction of sp³-hybridized carbons (Fsp3) is 0.360. The van der Waals surface area contributed by atoms with Crippen LogP contribution in [0.1, 0.15) is 49.4 Å². The van der Waals surface area contributed by atoms with Gasteiger partial charge < -0.3 is 4.74 Å². The van der Waals surface area contributed by atoms with Crippen molar-refractivity contribution >= 4 is 17.4 Å². The highest BCUT2D eigenvalue weighted by Crippen LogP contribution is 2.36. The molecule has 7 nitrogen and oxygen atoms in total. The molecule has 1 aromatic carbocycles. The lowest BCUT2D eigenvalue weighted by Gasteiger charge is -2.25. The van der Waals surface area contributed by atoms with E-state index in [4.69, 9.17) is 4.74 Å². The van der Waals surface area contributed by atoms with Gasteiger partial charge in [0.05, 0.1) is 12.8 Å². The molecule has 1 aliphatic rings. The molecule has 0 saturated heterocycles. The van der Waals surface area contributed by atoms with Crippen molar-refractivity contribution in [3.8, 4) is 17.1 Å². The van der Waals surface area contributed by atoms with Crippen molar-refractivity contribution in [2.75, 3.05) is 7.11 Å². The van der Waals surface area contributed by atoms with Gasteiger partial charge in [-0.2, -0.15) is 0 Å². The van der Waals surface area contributed by atoms with E-state index in [0.29, 0.717) is 17.4 Å². The maximum absolute atomic E-state index is 12.6. The summed E-state index contributed by atoms with van der Waals surface area (Å²) in [6, 6.07) is 13.8. The molecule has 8 heteroatoms. The van der Waals surface area contributed by atoms with E-state index < -0.39 is 0 Å². The smallest absolute Gasteiger partial charge is 0.258 e. The van der Waals surface area contributed by atoms with Crippen LogP contribution >= 0.6 is 11.8 Å². The minimum Gasteiger partial charge on any atom is -0.497 e.